The fraction of sp³-hybridized carbons (Fsp3) is 0.158. The molecular weight excluding hydrogens is 416 g/mol. The molecule has 2 aromatic carbocycles. The van der Waals surface area contributed by atoms with Crippen molar-refractivity contribution in [3.05, 3.63) is 64.7 Å². The summed E-state index contributed by atoms with van der Waals surface area (Å²) in [7, 11) is 0. The van der Waals surface area contributed by atoms with Gasteiger partial charge in [0.05, 0.1) is 5.75 Å². The molecule has 1 aliphatic heterocycles. The number of fused-ring (bicyclic) bond motifs is 1. The number of thioether (sulfide) groups is 1. The molecule has 4 rings (SSSR count). The van der Waals surface area contributed by atoms with E-state index in [9.17, 15) is 9.59 Å². The highest BCUT2D eigenvalue weighted by molar-refractivity contribution is 8.01. The standard InChI is InChI=1S/C19H15ClN4O2S2/c20-14-6-3-5-13(10-14)17(26)21-18-22-23-19(28-18)27-11-16(25)24-9-8-12-4-1-2-7-15(12)24/h1-7,10H,8-9,11H2,(H,21,22,26). The smallest absolute Gasteiger partial charge is 0.257 e. The second-order valence-electron chi connectivity index (χ2n) is 6.05. The van der Waals surface area contributed by atoms with Crippen LogP contribution in [0.5, 0.6) is 0 Å². The van der Waals surface area contributed by atoms with E-state index in [0.717, 1.165) is 12.1 Å². The van der Waals surface area contributed by atoms with Crippen molar-refractivity contribution in [1.82, 2.24) is 10.2 Å². The van der Waals surface area contributed by atoms with Gasteiger partial charge >= 0.3 is 0 Å². The maximum atomic E-state index is 12.6. The average Bonchev–Trinajstić information content (AvgIpc) is 3.33. The molecule has 6 nitrogen and oxygen atoms in total. The molecule has 2 amide bonds. The number of hydrogen-bond acceptors (Lipinski definition) is 6. The van der Waals surface area contributed by atoms with Crippen LogP contribution in [-0.2, 0) is 11.2 Å². The number of hydrogen-bond donors (Lipinski definition) is 1. The molecule has 0 saturated heterocycles. The van der Waals surface area contributed by atoms with Crippen molar-refractivity contribution in [2.24, 2.45) is 0 Å². The topological polar surface area (TPSA) is 75.2 Å². The van der Waals surface area contributed by atoms with Gasteiger partial charge in [0.2, 0.25) is 11.0 Å². The first-order valence-corrected chi connectivity index (χ1v) is 10.7. The highest BCUT2D eigenvalue weighted by Gasteiger charge is 2.24. The van der Waals surface area contributed by atoms with Gasteiger partial charge in [-0.3, -0.25) is 14.9 Å². The molecular formula is C19H15ClN4O2S2. The van der Waals surface area contributed by atoms with Crippen LogP contribution in [-0.4, -0.2) is 34.3 Å². The molecule has 0 radical (unpaired) electrons. The number of amides is 2. The molecule has 1 aliphatic rings. The molecule has 0 unspecified atom stereocenters. The third kappa shape index (κ3) is 4.19. The predicted molar refractivity (Wildman–Crippen MR) is 113 cm³/mol. The lowest BCUT2D eigenvalue weighted by Gasteiger charge is -2.16. The molecule has 9 heteroatoms. The van der Waals surface area contributed by atoms with Gasteiger partial charge in [0.25, 0.3) is 5.91 Å². The van der Waals surface area contributed by atoms with Gasteiger partial charge in [-0.1, -0.05) is 59.0 Å². The molecule has 0 fully saturated rings. The number of benzene rings is 2. The minimum Gasteiger partial charge on any atom is -0.311 e. The monoisotopic (exact) mass is 430 g/mol. The van der Waals surface area contributed by atoms with Crippen LogP contribution < -0.4 is 10.2 Å². The number of carbonyl (C=O) groups is 2. The normalized spacial score (nSPS) is 12.7. The fourth-order valence-corrected chi connectivity index (χ4v) is 4.73. The number of halogens is 1. The molecule has 1 aromatic heterocycles. The summed E-state index contributed by atoms with van der Waals surface area (Å²) >= 11 is 8.46. The van der Waals surface area contributed by atoms with Crippen LogP contribution in [0.15, 0.2) is 52.9 Å². The zero-order chi connectivity index (χ0) is 19.5. The van der Waals surface area contributed by atoms with E-state index in [1.807, 2.05) is 23.1 Å². The first-order valence-electron chi connectivity index (χ1n) is 8.51. The third-order valence-corrected chi connectivity index (χ3v) is 6.41. The van der Waals surface area contributed by atoms with E-state index in [0.29, 0.717) is 26.6 Å². The summed E-state index contributed by atoms with van der Waals surface area (Å²) in [4.78, 5) is 26.6. The van der Waals surface area contributed by atoms with E-state index in [-0.39, 0.29) is 17.6 Å². The van der Waals surface area contributed by atoms with Crippen LogP contribution in [0.2, 0.25) is 5.02 Å². The van der Waals surface area contributed by atoms with Gasteiger partial charge in [0, 0.05) is 22.8 Å². The molecule has 0 bridgehead atoms. The minimum absolute atomic E-state index is 0.0367. The van der Waals surface area contributed by atoms with Crippen molar-refractivity contribution in [3.63, 3.8) is 0 Å². The lowest BCUT2D eigenvalue weighted by Crippen LogP contribution is -2.30. The van der Waals surface area contributed by atoms with Crippen molar-refractivity contribution in [1.29, 1.82) is 0 Å². The Morgan fingerprint density at radius 3 is 2.89 bits per heavy atom. The summed E-state index contributed by atoms with van der Waals surface area (Å²) in [5.41, 5.74) is 2.63. The van der Waals surface area contributed by atoms with E-state index >= 15 is 0 Å². The van der Waals surface area contributed by atoms with E-state index < -0.39 is 0 Å². The number of anilines is 2. The molecule has 2 heterocycles. The van der Waals surface area contributed by atoms with E-state index in [1.54, 1.807) is 24.3 Å². The van der Waals surface area contributed by atoms with Crippen molar-refractivity contribution in [3.8, 4) is 0 Å². The van der Waals surface area contributed by atoms with Gasteiger partial charge in [0.15, 0.2) is 4.34 Å². The minimum atomic E-state index is -0.306. The maximum absolute atomic E-state index is 12.6. The summed E-state index contributed by atoms with van der Waals surface area (Å²) < 4.78 is 0.627. The van der Waals surface area contributed by atoms with Crippen molar-refractivity contribution < 1.29 is 9.59 Å². The van der Waals surface area contributed by atoms with Crippen LogP contribution in [0.1, 0.15) is 15.9 Å². The van der Waals surface area contributed by atoms with Crippen LogP contribution >= 0.6 is 34.7 Å². The van der Waals surface area contributed by atoms with Crippen LogP contribution in [0, 0.1) is 0 Å². The van der Waals surface area contributed by atoms with Gasteiger partial charge in [-0.15, -0.1) is 10.2 Å². The van der Waals surface area contributed by atoms with Crippen LogP contribution in [0.25, 0.3) is 0 Å². The second-order valence-corrected chi connectivity index (χ2v) is 8.69. The summed E-state index contributed by atoms with van der Waals surface area (Å²) in [5, 5.41) is 11.6. The number of carbonyl (C=O) groups excluding carboxylic acids is 2. The Kier molecular flexibility index (Phi) is 5.61. The fourth-order valence-electron chi connectivity index (χ4n) is 2.92. The third-order valence-electron chi connectivity index (χ3n) is 4.22. The van der Waals surface area contributed by atoms with Gasteiger partial charge in [0.1, 0.15) is 0 Å². The molecule has 28 heavy (non-hydrogen) atoms. The summed E-state index contributed by atoms with van der Waals surface area (Å²) in [6.45, 7) is 0.704. The molecule has 142 valence electrons. The Morgan fingerprint density at radius 1 is 1.18 bits per heavy atom. The lowest BCUT2D eigenvalue weighted by atomic mass is 10.2. The van der Waals surface area contributed by atoms with Gasteiger partial charge in [-0.2, -0.15) is 0 Å². The molecule has 3 aromatic rings. The van der Waals surface area contributed by atoms with Crippen molar-refractivity contribution in [2.45, 2.75) is 10.8 Å². The van der Waals surface area contributed by atoms with Crippen molar-refractivity contribution >= 4 is 57.3 Å². The largest absolute Gasteiger partial charge is 0.311 e. The first-order chi connectivity index (χ1) is 13.6. The number of nitrogens with one attached hydrogen (secondary N) is 1. The maximum Gasteiger partial charge on any atom is 0.257 e. The number of para-hydroxylation sites is 1. The van der Waals surface area contributed by atoms with Crippen molar-refractivity contribution in [2.75, 3.05) is 22.5 Å². The molecule has 0 aliphatic carbocycles. The Hall–Kier alpha value is -2.42. The molecule has 0 atom stereocenters. The number of nitrogens with zero attached hydrogens (tertiary/aromatic N) is 3. The van der Waals surface area contributed by atoms with Crippen LogP contribution in [0.4, 0.5) is 10.8 Å². The van der Waals surface area contributed by atoms with Gasteiger partial charge in [-0.25, -0.2) is 0 Å². The zero-order valence-corrected chi connectivity index (χ0v) is 17.0. The zero-order valence-electron chi connectivity index (χ0n) is 14.6. The summed E-state index contributed by atoms with van der Waals surface area (Å²) in [6.07, 6.45) is 0.880. The van der Waals surface area contributed by atoms with Gasteiger partial charge < -0.3 is 4.90 Å². The Balaban J connectivity index is 1.34. The van der Waals surface area contributed by atoms with E-state index in [1.165, 1.54) is 28.7 Å². The average molecular weight is 431 g/mol. The molecule has 1 N–H and O–H groups in total. The lowest BCUT2D eigenvalue weighted by molar-refractivity contribution is -0.116. The quantitative estimate of drug-likeness (QED) is 0.486. The summed E-state index contributed by atoms with van der Waals surface area (Å²) in [5.74, 6) is 0.000178. The van der Waals surface area contributed by atoms with E-state index in [4.69, 9.17) is 11.6 Å². The van der Waals surface area contributed by atoms with Gasteiger partial charge in [-0.05, 0) is 36.2 Å². The molecule has 0 spiro atoms. The number of rotatable bonds is 5. The highest BCUT2D eigenvalue weighted by atomic mass is 35.5. The second kappa shape index (κ2) is 8.30. The highest BCUT2D eigenvalue weighted by Crippen LogP contribution is 2.30. The first kappa shape index (κ1) is 18.9. The summed E-state index contributed by atoms with van der Waals surface area (Å²) in [6, 6.07) is 14.6. The Labute approximate surface area is 174 Å². The molecule has 0 saturated carbocycles. The SMILES string of the molecule is O=C(Nc1nnc(SCC(=O)N2CCc3ccccc32)s1)c1cccc(Cl)c1. The van der Waals surface area contributed by atoms with Crippen LogP contribution in [0.3, 0.4) is 0 Å². The number of aromatic nitrogens is 2. The Bertz CT molecular complexity index is 1040. The predicted octanol–water partition coefficient (Wildman–Crippen LogP) is 4.13. The Morgan fingerprint density at radius 2 is 2.04 bits per heavy atom. The van der Waals surface area contributed by atoms with E-state index in [2.05, 4.69) is 21.6 Å².